The van der Waals surface area contributed by atoms with Crippen molar-refractivity contribution < 1.29 is 14.3 Å². The Morgan fingerprint density at radius 3 is 2.62 bits per heavy atom. The summed E-state index contributed by atoms with van der Waals surface area (Å²) in [4.78, 5) is 16.5. The number of fused-ring (bicyclic) bond motifs is 2. The average molecular weight is 354 g/mol. The maximum Gasteiger partial charge on any atom is 0.254 e. The lowest BCUT2D eigenvalue weighted by Crippen LogP contribution is -2.46. The highest BCUT2D eigenvalue weighted by Gasteiger charge is 2.27. The number of β-amino-alcohol motifs (C(OH)–C–C–N with tert-alkyl or cyclic N) is 1. The molecule has 1 unspecified atom stereocenters. The summed E-state index contributed by atoms with van der Waals surface area (Å²) in [6, 6.07) is 12.8. The molecule has 1 atom stereocenters. The minimum Gasteiger partial charge on any atom is -0.390 e. The van der Waals surface area contributed by atoms with Gasteiger partial charge in [0.2, 0.25) is 0 Å². The van der Waals surface area contributed by atoms with E-state index >= 15 is 0 Å². The molecule has 2 aliphatic heterocycles. The Labute approximate surface area is 152 Å². The van der Waals surface area contributed by atoms with E-state index < -0.39 is 11.9 Å². The van der Waals surface area contributed by atoms with Gasteiger partial charge in [-0.3, -0.25) is 9.69 Å². The van der Waals surface area contributed by atoms with Crippen LogP contribution in [0.2, 0.25) is 0 Å². The number of hydrogen-bond donors (Lipinski definition) is 1. The predicted molar refractivity (Wildman–Crippen MR) is 97.4 cm³/mol. The minimum absolute atomic E-state index is 0.186. The lowest BCUT2D eigenvalue weighted by atomic mass is 9.98. The maximum atomic E-state index is 13.5. The molecule has 136 valence electrons. The topological polar surface area (TPSA) is 43.8 Å². The lowest BCUT2D eigenvalue weighted by Gasteiger charge is -2.34. The third kappa shape index (κ3) is 3.50. The van der Waals surface area contributed by atoms with Crippen LogP contribution in [0.25, 0.3) is 0 Å². The minimum atomic E-state index is -0.612. The molecular formula is C21H23FN2O2. The van der Waals surface area contributed by atoms with Gasteiger partial charge in [-0.1, -0.05) is 30.3 Å². The van der Waals surface area contributed by atoms with Crippen LogP contribution in [0.3, 0.4) is 0 Å². The number of nitrogens with zero attached hydrogens (tertiary/aromatic N) is 2. The molecule has 0 fully saturated rings. The molecule has 1 amide bonds. The number of carbonyl (C=O) groups excluding carboxylic acids is 1. The first-order valence-corrected chi connectivity index (χ1v) is 9.15. The zero-order valence-electron chi connectivity index (χ0n) is 14.7. The van der Waals surface area contributed by atoms with E-state index in [0.717, 1.165) is 25.1 Å². The SMILES string of the molecule is O=C1c2cc(F)ccc2CCN1CC(O)CN1CCc2ccccc2C1. The van der Waals surface area contributed by atoms with Crippen molar-refractivity contribution in [2.45, 2.75) is 25.5 Å². The van der Waals surface area contributed by atoms with Gasteiger partial charge >= 0.3 is 0 Å². The van der Waals surface area contributed by atoms with Crippen LogP contribution >= 0.6 is 0 Å². The van der Waals surface area contributed by atoms with E-state index in [0.29, 0.717) is 25.1 Å². The number of halogens is 1. The second kappa shape index (κ2) is 7.17. The van der Waals surface area contributed by atoms with Crippen molar-refractivity contribution in [1.29, 1.82) is 0 Å². The van der Waals surface area contributed by atoms with Crippen molar-refractivity contribution in [3.8, 4) is 0 Å². The quantitative estimate of drug-likeness (QED) is 0.916. The molecule has 0 saturated heterocycles. The van der Waals surface area contributed by atoms with Crippen molar-refractivity contribution in [1.82, 2.24) is 9.80 Å². The highest BCUT2D eigenvalue weighted by atomic mass is 19.1. The Morgan fingerprint density at radius 1 is 1.00 bits per heavy atom. The van der Waals surface area contributed by atoms with Gasteiger partial charge in [0, 0.05) is 38.3 Å². The third-order valence-electron chi connectivity index (χ3n) is 5.35. The number of amides is 1. The molecule has 0 bridgehead atoms. The first kappa shape index (κ1) is 17.2. The molecule has 2 aromatic carbocycles. The third-order valence-corrected chi connectivity index (χ3v) is 5.35. The molecule has 2 heterocycles. The van der Waals surface area contributed by atoms with Crippen LogP contribution in [0.4, 0.5) is 4.39 Å². The second-order valence-corrected chi connectivity index (χ2v) is 7.21. The smallest absolute Gasteiger partial charge is 0.254 e. The van der Waals surface area contributed by atoms with E-state index in [4.69, 9.17) is 0 Å². The van der Waals surface area contributed by atoms with Gasteiger partial charge in [-0.15, -0.1) is 0 Å². The predicted octanol–water partition coefficient (Wildman–Crippen LogP) is 2.24. The molecule has 2 aliphatic rings. The van der Waals surface area contributed by atoms with E-state index in [1.807, 2.05) is 6.07 Å². The van der Waals surface area contributed by atoms with Crippen molar-refractivity contribution in [3.63, 3.8) is 0 Å². The van der Waals surface area contributed by atoms with Gasteiger partial charge in [-0.2, -0.15) is 0 Å². The Hall–Kier alpha value is -2.24. The number of benzene rings is 2. The molecule has 4 rings (SSSR count). The van der Waals surface area contributed by atoms with Gasteiger partial charge in [0.1, 0.15) is 5.82 Å². The van der Waals surface area contributed by atoms with Gasteiger partial charge < -0.3 is 10.0 Å². The highest BCUT2D eigenvalue weighted by molar-refractivity contribution is 5.96. The van der Waals surface area contributed by atoms with Gasteiger partial charge in [-0.25, -0.2) is 4.39 Å². The molecule has 0 spiro atoms. The van der Waals surface area contributed by atoms with Gasteiger partial charge in [0.05, 0.1) is 6.10 Å². The first-order chi connectivity index (χ1) is 12.6. The Kier molecular flexibility index (Phi) is 4.74. The second-order valence-electron chi connectivity index (χ2n) is 7.21. The maximum absolute atomic E-state index is 13.5. The summed E-state index contributed by atoms with van der Waals surface area (Å²) in [5.74, 6) is -0.583. The number of carbonyl (C=O) groups is 1. The van der Waals surface area contributed by atoms with Crippen LogP contribution < -0.4 is 0 Å². The summed E-state index contributed by atoms with van der Waals surface area (Å²) in [6.45, 7) is 3.13. The van der Waals surface area contributed by atoms with Crippen molar-refractivity contribution in [2.75, 3.05) is 26.2 Å². The van der Waals surface area contributed by atoms with E-state index in [2.05, 4.69) is 23.1 Å². The Bertz CT molecular complexity index is 823. The monoisotopic (exact) mass is 354 g/mol. The fourth-order valence-electron chi connectivity index (χ4n) is 3.99. The normalized spacial score (nSPS) is 18.4. The molecule has 0 saturated carbocycles. The zero-order valence-corrected chi connectivity index (χ0v) is 14.7. The van der Waals surface area contributed by atoms with Gasteiger partial charge in [0.15, 0.2) is 0 Å². The number of rotatable bonds is 4. The number of hydrogen-bond acceptors (Lipinski definition) is 3. The van der Waals surface area contributed by atoms with Crippen LogP contribution in [0.1, 0.15) is 27.0 Å². The van der Waals surface area contributed by atoms with Crippen LogP contribution in [0, 0.1) is 5.82 Å². The summed E-state index contributed by atoms with van der Waals surface area (Å²) in [6.07, 6.45) is 1.07. The fraction of sp³-hybridized carbons (Fsp3) is 0.381. The molecule has 26 heavy (non-hydrogen) atoms. The number of aliphatic hydroxyl groups excluding tert-OH is 1. The standard InChI is InChI=1S/C21H23FN2O2/c22-18-6-5-16-8-10-24(21(26)20(16)11-18)14-19(25)13-23-9-7-15-3-1-2-4-17(15)12-23/h1-6,11,19,25H,7-10,12-14H2. The fourth-order valence-corrected chi connectivity index (χ4v) is 3.99. The van der Waals surface area contributed by atoms with E-state index in [9.17, 15) is 14.3 Å². The van der Waals surface area contributed by atoms with Crippen molar-refractivity contribution >= 4 is 5.91 Å². The summed E-state index contributed by atoms with van der Waals surface area (Å²) < 4.78 is 13.5. The molecule has 0 aromatic heterocycles. The number of aliphatic hydroxyl groups is 1. The summed E-state index contributed by atoms with van der Waals surface area (Å²) in [5, 5.41) is 10.5. The first-order valence-electron chi connectivity index (χ1n) is 9.15. The zero-order chi connectivity index (χ0) is 18.1. The summed E-state index contributed by atoms with van der Waals surface area (Å²) >= 11 is 0. The lowest BCUT2D eigenvalue weighted by molar-refractivity contribution is 0.0492. The van der Waals surface area contributed by atoms with Gasteiger partial charge in [-0.05, 0) is 41.7 Å². The molecule has 0 aliphatic carbocycles. The van der Waals surface area contributed by atoms with Crippen LogP contribution in [-0.4, -0.2) is 53.1 Å². The van der Waals surface area contributed by atoms with Crippen LogP contribution in [-0.2, 0) is 19.4 Å². The molecule has 4 nitrogen and oxygen atoms in total. The van der Waals surface area contributed by atoms with Crippen molar-refractivity contribution in [2.24, 2.45) is 0 Å². The Balaban J connectivity index is 1.37. The average Bonchev–Trinajstić information content (AvgIpc) is 2.64. The van der Waals surface area contributed by atoms with Crippen molar-refractivity contribution in [3.05, 3.63) is 70.5 Å². The summed E-state index contributed by atoms with van der Waals surface area (Å²) in [5.41, 5.74) is 4.00. The molecule has 2 aromatic rings. The molecular weight excluding hydrogens is 331 g/mol. The van der Waals surface area contributed by atoms with E-state index in [1.54, 1.807) is 11.0 Å². The van der Waals surface area contributed by atoms with Gasteiger partial charge in [0.25, 0.3) is 5.91 Å². The largest absolute Gasteiger partial charge is 0.390 e. The van der Waals surface area contributed by atoms with E-state index in [1.165, 1.54) is 23.3 Å². The Morgan fingerprint density at radius 2 is 1.77 bits per heavy atom. The van der Waals surface area contributed by atoms with E-state index in [-0.39, 0.29) is 12.5 Å². The molecule has 0 radical (unpaired) electrons. The highest BCUT2D eigenvalue weighted by Crippen LogP contribution is 2.21. The summed E-state index contributed by atoms with van der Waals surface area (Å²) in [7, 11) is 0. The molecule has 1 N–H and O–H groups in total. The van der Waals surface area contributed by atoms with Crippen LogP contribution in [0.5, 0.6) is 0 Å². The molecule has 5 heteroatoms. The van der Waals surface area contributed by atoms with Crippen LogP contribution in [0.15, 0.2) is 42.5 Å².